The molecule has 0 spiro atoms. The Bertz CT molecular complexity index is 1150. The first kappa shape index (κ1) is 59.3. The largest absolute Gasteiger partial charge is 0.462 e. The summed E-state index contributed by atoms with van der Waals surface area (Å²) in [5.74, 6) is -0.546. The molecule has 62 heavy (non-hydrogen) atoms. The number of allylic oxidation sites excluding steroid dienone is 12. The van der Waals surface area contributed by atoms with Crippen molar-refractivity contribution < 1.29 is 24.5 Å². The third kappa shape index (κ3) is 43.9. The maximum absolute atomic E-state index is 13.2. The van der Waals surface area contributed by atoms with Gasteiger partial charge in [0.1, 0.15) is 6.10 Å². The monoisotopic (exact) mass is 866 g/mol. The molecule has 3 N–H and O–H groups in total. The van der Waals surface area contributed by atoms with Gasteiger partial charge >= 0.3 is 5.97 Å². The van der Waals surface area contributed by atoms with Crippen LogP contribution in [0.15, 0.2) is 72.9 Å². The number of esters is 1. The van der Waals surface area contributed by atoms with E-state index in [0.717, 1.165) is 57.8 Å². The molecule has 0 saturated carbocycles. The summed E-state index contributed by atoms with van der Waals surface area (Å²) in [6.07, 6.45) is 62.5. The lowest BCUT2D eigenvalue weighted by Crippen LogP contribution is -2.46. The molecule has 0 aliphatic rings. The minimum Gasteiger partial charge on any atom is -0.462 e. The van der Waals surface area contributed by atoms with E-state index < -0.39 is 18.2 Å². The highest BCUT2D eigenvalue weighted by molar-refractivity contribution is 5.77. The van der Waals surface area contributed by atoms with Crippen LogP contribution >= 0.6 is 0 Å². The highest BCUT2D eigenvalue weighted by Crippen LogP contribution is 2.17. The average Bonchev–Trinajstić information content (AvgIpc) is 3.26. The van der Waals surface area contributed by atoms with Gasteiger partial charge in [0, 0.05) is 6.42 Å². The summed E-state index contributed by atoms with van der Waals surface area (Å²) in [4.78, 5) is 26.1. The minimum absolute atomic E-state index is 0.0263. The third-order valence-corrected chi connectivity index (χ3v) is 11.7. The smallest absolute Gasteiger partial charge is 0.306 e. The molecule has 0 aromatic heterocycles. The number of carbonyl (C=O) groups excluding carboxylic acids is 2. The molecule has 6 heteroatoms. The van der Waals surface area contributed by atoms with E-state index in [2.05, 4.69) is 38.2 Å². The molecule has 3 atom stereocenters. The maximum Gasteiger partial charge on any atom is 0.306 e. The van der Waals surface area contributed by atoms with Crippen LogP contribution in [0.5, 0.6) is 0 Å². The quantitative estimate of drug-likeness (QED) is 0.0322. The summed E-state index contributed by atoms with van der Waals surface area (Å²) in [6.45, 7) is 6.32. The van der Waals surface area contributed by atoms with E-state index in [1.54, 1.807) is 0 Å². The van der Waals surface area contributed by atoms with Gasteiger partial charge in [0.15, 0.2) is 0 Å². The van der Waals surface area contributed by atoms with Gasteiger partial charge in [-0.2, -0.15) is 0 Å². The zero-order valence-corrected chi connectivity index (χ0v) is 40.7. The van der Waals surface area contributed by atoms with Crippen LogP contribution in [0.25, 0.3) is 0 Å². The van der Waals surface area contributed by atoms with Gasteiger partial charge in [0.25, 0.3) is 0 Å². The van der Waals surface area contributed by atoms with Gasteiger partial charge in [0.2, 0.25) is 5.91 Å². The van der Waals surface area contributed by atoms with Gasteiger partial charge in [-0.05, 0) is 38.5 Å². The Kier molecular flexibility index (Phi) is 47.2. The SMILES string of the molecule is CC\C=C/C=C/C=C/C=C\C=C\C=C\CCCC(CC(=O)NC(CO)C(O)CCCCCCCCCCCCCCCCCC)OC(=O)CCCCCCCCCCCCCC. The Morgan fingerprint density at radius 2 is 0.871 bits per heavy atom. The highest BCUT2D eigenvalue weighted by Gasteiger charge is 2.24. The number of hydrogen-bond donors (Lipinski definition) is 3. The number of ether oxygens (including phenoxy) is 1. The van der Waals surface area contributed by atoms with Gasteiger partial charge in [0.05, 0.1) is 25.2 Å². The highest BCUT2D eigenvalue weighted by atomic mass is 16.5. The van der Waals surface area contributed by atoms with E-state index in [0.29, 0.717) is 19.3 Å². The van der Waals surface area contributed by atoms with E-state index in [-0.39, 0.29) is 24.9 Å². The maximum atomic E-state index is 13.2. The van der Waals surface area contributed by atoms with Crippen molar-refractivity contribution in [2.45, 2.75) is 264 Å². The molecule has 1 amide bonds. The van der Waals surface area contributed by atoms with E-state index in [9.17, 15) is 19.8 Å². The lowest BCUT2D eigenvalue weighted by molar-refractivity contribution is -0.151. The topological polar surface area (TPSA) is 95.9 Å². The van der Waals surface area contributed by atoms with Gasteiger partial charge in [-0.15, -0.1) is 0 Å². The third-order valence-electron chi connectivity index (χ3n) is 11.7. The van der Waals surface area contributed by atoms with Gasteiger partial charge in [-0.1, -0.05) is 267 Å². The van der Waals surface area contributed by atoms with Crippen molar-refractivity contribution in [1.29, 1.82) is 0 Å². The molecule has 0 aromatic carbocycles. The Morgan fingerprint density at radius 3 is 1.29 bits per heavy atom. The molecule has 0 saturated heterocycles. The predicted octanol–water partition coefficient (Wildman–Crippen LogP) is 15.8. The second-order valence-corrected chi connectivity index (χ2v) is 17.7. The van der Waals surface area contributed by atoms with Crippen molar-refractivity contribution in [3.05, 3.63) is 72.9 Å². The number of nitrogens with one attached hydrogen (secondary N) is 1. The molecule has 0 bridgehead atoms. The second kappa shape index (κ2) is 49.3. The number of carbonyl (C=O) groups is 2. The standard InChI is InChI=1S/C56H99NO5/c1-4-7-10-13-16-19-22-25-27-29-31-33-36-39-42-45-48-54(59)53(51-58)57-55(60)50-52(47-44-41-38-35-32-30-28-26-23-20-17-14-11-8-5-2)62-56(61)49-46-43-40-37-34-24-21-18-15-12-9-6-3/h8,11,14,17,20,23,26,28,30,32,35,38,52-54,58-59H,4-7,9-10,12-13,15-16,18-19,21-22,24-25,27,29,31,33-34,36-37,39-51H2,1-3H3,(H,57,60)/b11-8-,17-14+,23-20+,28-26-,32-30+,38-35+. The van der Waals surface area contributed by atoms with Crippen molar-refractivity contribution in [3.8, 4) is 0 Å². The van der Waals surface area contributed by atoms with Crippen LogP contribution in [-0.2, 0) is 14.3 Å². The average molecular weight is 866 g/mol. The molecule has 0 aliphatic heterocycles. The van der Waals surface area contributed by atoms with E-state index in [4.69, 9.17) is 4.74 Å². The number of rotatable bonds is 46. The lowest BCUT2D eigenvalue weighted by Gasteiger charge is -2.24. The number of amides is 1. The Labute approximate surface area is 383 Å². The van der Waals surface area contributed by atoms with Crippen molar-refractivity contribution in [1.82, 2.24) is 5.32 Å². The molecule has 3 unspecified atom stereocenters. The number of aliphatic hydroxyl groups excluding tert-OH is 2. The molecule has 0 radical (unpaired) electrons. The van der Waals surface area contributed by atoms with E-state index in [1.807, 2.05) is 60.8 Å². The fraction of sp³-hybridized carbons (Fsp3) is 0.750. The first-order valence-electron chi connectivity index (χ1n) is 26.2. The zero-order valence-electron chi connectivity index (χ0n) is 40.7. The molecular weight excluding hydrogens is 767 g/mol. The number of unbranched alkanes of at least 4 members (excludes halogenated alkanes) is 27. The van der Waals surface area contributed by atoms with E-state index in [1.165, 1.54) is 141 Å². The van der Waals surface area contributed by atoms with Crippen molar-refractivity contribution in [2.75, 3.05) is 6.61 Å². The Morgan fingerprint density at radius 1 is 0.484 bits per heavy atom. The Hall–Kier alpha value is -2.70. The first-order valence-corrected chi connectivity index (χ1v) is 26.2. The van der Waals surface area contributed by atoms with Gasteiger partial charge in [-0.3, -0.25) is 9.59 Å². The summed E-state index contributed by atoms with van der Waals surface area (Å²) >= 11 is 0. The fourth-order valence-corrected chi connectivity index (χ4v) is 7.76. The predicted molar refractivity (Wildman–Crippen MR) is 268 cm³/mol. The summed E-state index contributed by atoms with van der Waals surface area (Å²) in [6, 6.07) is -0.727. The minimum atomic E-state index is -0.809. The lowest BCUT2D eigenvalue weighted by atomic mass is 10.0. The molecule has 0 heterocycles. The van der Waals surface area contributed by atoms with Gasteiger partial charge < -0.3 is 20.3 Å². The number of aliphatic hydroxyl groups is 2. The fourth-order valence-electron chi connectivity index (χ4n) is 7.76. The Balaban J connectivity index is 4.67. The molecule has 0 aromatic rings. The summed E-state index contributed by atoms with van der Waals surface area (Å²) < 4.78 is 5.89. The molecule has 358 valence electrons. The van der Waals surface area contributed by atoms with Crippen LogP contribution in [0.4, 0.5) is 0 Å². The second-order valence-electron chi connectivity index (χ2n) is 17.7. The van der Waals surface area contributed by atoms with Crippen LogP contribution in [0.3, 0.4) is 0 Å². The van der Waals surface area contributed by atoms with Crippen molar-refractivity contribution >= 4 is 11.9 Å². The van der Waals surface area contributed by atoms with Crippen LogP contribution in [0.2, 0.25) is 0 Å². The molecule has 0 aliphatic carbocycles. The van der Waals surface area contributed by atoms with Crippen LogP contribution < -0.4 is 5.32 Å². The van der Waals surface area contributed by atoms with Crippen LogP contribution in [0.1, 0.15) is 245 Å². The molecule has 0 fully saturated rings. The first-order chi connectivity index (χ1) is 30.5. The van der Waals surface area contributed by atoms with Crippen molar-refractivity contribution in [2.24, 2.45) is 0 Å². The van der Waals surface area contributed by atoms with Crippen LogP contribution in [0, 0.1) is 0 Å². The molecule has 6 nitrogen and oxygen atoms in total. The summed E-state index contributed by atoms with van der Waals surface area (Å²) in [5, 5.41) is 23.8. The summed E-state index contributed by atoms with van der Waals surface area (Å²) in [7, 11) is 0. The molecular formula is C56H99NO5. The summed E-state index contributed by atoms with van der Waals surface area (Å²) in [5.41, 5.74) is 0. The zero-order chi connectivity index (χ0) is 45.2. The van der Waals surface area contributed by atoms with Crippen LogP contribution in [-0.4, -0.2) is 46.9 Å². The normalized spacial score (nSPS) is 13.8. The van der Waals surface area contributed by atoms with Crippen molar-refractivity contribution in [3.63, 3.8) is 0 Å². The molecule has 0 rings (SSSR count). The van der Waals surface area contributed by atoms with E-state index >= 15 is 0 Å². The number of hydrogen-bond acceptors (Lipinski definition) is 5. The van der Waals surface area contributed by atoms with Gasteiger partial charge in [-0.25, -0.2) is 0 Å².